The Kier molecular flexibility index (Phi) is 3.75. The van der Waals surface area contributed by atoms with E-state index in [-0.39, 0.29) is 18.2 Å². The Hall–Kier alpha value is -3.15. The summed E-state index contributed by atoms with van der Waals surface area (Å²) in [5.74, 6) is -0.0208. The second-order valence-corrected chi connectivity index (χ2v) is 7.58. The predicted molar refractivity (Wildman–Crippen MR) is 101 cm³/mol. The summed E-state index contributed by atoms with van der Waals surface area (Å²) >= 11 is 0. The Morgan fingerprint density at radius 3 is 2.82 bits per heavy atom. The molecule has 3 amide bonds. The maximum atomic E-state index is 13.2. The monoisotopic (exact) mass is 376 g/mol. The highest BCUT2D eigenvalue weighted by Crippen LogP contribution is 2.41. The molecule has 2 heterocycles. The third-order valence-electron chi connectivity index (χ3n) is 5.98. The number of nitrogens with one attached hydrogen (secondary N) is 1. The molecule has 28 heavy (non-hydrogen) atoms. The quantitative estimate of drug-likeness (QED) is 0.660. The van der Waals surface area contributed by atoms with Crippen LogP contribution in [0.5, 0.6) is 5.75 Å². The molecule has 2 aromatic carbocycles. The summed E-state index contributed by atoms with van der Waals surface area (Å²) in [5, 5.41) is 2.83. The maximum absolute atomic E-state index is 13.2. The number of rotatable bonds is 3. The molecular weight excluding hydrogens is 356 g/mol. The van der Waals surface area contributed by atoms with Gasteiger partial charge in [-0.2, -0.15) is 0 Å². The summed E-state index contributed by atoms with van der Waals surface area (Å²) in [6.45, 7) is 0.0733. The van der Waals surface area contributed by atoms with E-state index in [9.17, 15) is 14.4 Å². The van der Waals surface area contributed by atoms with Crippen molar-refractivity contribution in [2.24, 2.45) is 0 Å². The highest BCUT2D eigenvalue weighted by molar-refractivity contribution is 6.11. The molecule has 1 saturated heterocycles. The van der Waals surface area contributed by atoms with E-state index in [0.717, 1.165) is 24.2 Å². The fraction of sp³-hybridized carbons (Fsp3) is 0.318. The van der Waals surface area contributed by atoms with Crippen LogP contribution in [-0.2, 0) is 23.2 Å². The van der Waals surface area contributed by atoms with Gasteiger partial charge in [-0.3, -0.25) is 14.5 Å². The van der Waals surface area contributed by atoms with Gasteiger partial charge in [0.1, 0.15) is 5.75 Å². The highest BCUT2D eigenvalue weighted by Gasteiger charge is 2.55. The zero-order valence-electron chi connectivity index (χ0n) is 15.4. The van der Waals surface area contributed by atoms with Crippen LogP contribution in [0.2, 0.25) is 0 Å². The van der Waals surface area contributed by atoms with E-state index in [2.05, 4.69) is 5.32 Å². The molecule has 5 rings (SSSR count). The number of aryl methyl sites for hydroxylation is 2. The summed E-state index contributed by atoms with van der Waals surface area (Å²) in [4.78, 5) is 39.7. The van der Waals surface area contributed by atoms with E-state index in [1.54, 1.807) is 18.2 Å². The molecule has 3 aliphatic rings. The van der Waals surface area contributed by atoms with Crippen molar-refractivity contribution in [2.45, 2.75) is 31.2 Å². The van der Waals surface area contributed by atoms with Gasteiger partial charge in [-0.25, -0.2) is 4.79 Å². The number of Topliss-reactive ketones (excluding diaryl/α,β-unsaturated/α-hetero) is 1. The molecule has 1 unspecified atom stereocenters. The van der Waals surface area contributed by atoms with Crippen molar-refractivity contribution in [3.63, 3.8) is 0 Å². The minimum atomic E-state index is -1.15. The van der Waals surface area contributed by atoms with Crippen LogP contribution in [0.25, 0.3) is 0 Å². The second kappa shape index (κ2) is 6.19. The van der Waals surface area contributed by atoms with Gasteiger partial charge in [0.2, 0.25) is 0 Å². The SMILES string of the molecule is O=C(CN1C(=O)NC2(CCOc3ccccc32)C1=O)c1ccc2c(c1)CCC2. The van der Waals surface area contributed by atoms with Crippen molar-refractivity contribution >= 4 is 17.7 Å². The van der Waals surface area contributed by atoms with E-state index in [1.165, 1.54) is 11.1 Å². The van der Waals surface area contributed by atoms with Crippen LogP contribution in [0.4, 0.5) is 4.79 Å². The normalized spacial score (nSPS) is 22.6. The van der Waals surface area contributed by atoms with Crippen LogP contribution in [-0.4, -0.2) is 35.8 Å². The summed E-state index contributed by atoms with van der Waals surface area (Å²) in [6.07, 6.45) is 3.46. The van der Waals surface area contributed by atoms with Gasteiger partial charge >= 0.3 is 6.03 Å². The predicted octanol–water partition coefficient (Wildman–Crippen LogP) is 2.59. The maximum Gasteiger partial charge on any atom is 0.325 e. The number of para-hydroxylation sites is 1. The first kappa shape index (κ1) is 17.0. The van der Waals surface area contributed by atoms with E-state index >= 15 is 0 Å². The number of amides is 3. The Balaban J connectivity index is 1.42. The Morgan fingerprint density at radius 1 is 1.11 bits per heavy atom. The lowest BCUT2D eigenvalue weighted by Gasteiger charge is -2.33. The zero-order valence-corrected chi connectivity index (χ0v) is 15.4. The number of nitrogens with zero attached hydrogens (tertiary/aromatic N) is 1. The second-order valence-electron chi connectivity index (χ2n) is 7.58. The molecule has 0 radical (unpaired) electrons. The van der Waals surface area contributed by atoms with Crippen molar-refractivity contribution in [3.8, 4) is 5.75 Å². The van der Waals surface area contributed by atoms with Gasteiger partial charge in [-0.15, -0.1) is 0 Å². The van der Waals surface area contributed by atoms with Crippen molar-refractivity contribution in [3.05, 3.63) is 64.7 Å². The molecule has 0 aromatic heterocycles. The molecule has 2 aliphatic heterocycles. The molecule has 6 heteroatoms. The van der Waals surface area contributed by atoms with Crippen LogP contribution >= 0.6 is 0 Å². The van der Waals surface area contributed by atoms with E-state index in [0.29, 0.717) is 29.9 Å². The summed E-state index contributed by atoms with van der Waals surface area (Å²) < 4.78 is 5.63. The fourth-order valence-electron chi connectivity index (χ4n) is 4.50. The molecule has 1 atom stereocenters. The van der Waals surface area contributed by atoms with Gasteiger partial charge in [0, 0.05) is 17.5 Å². The van der Waals surface area contributed by atoms with Crippen LogP contribution in [0.3, 0.4) is 0 Å². The van der Waals surface area contributed by atoms with Crippen molar-refractivity contribution in [2.75, 3.05) is 13.2 Å². The molecule has 2 aromatic rings. The van der Waals surface area contributed by atoms with E-state index in [1.807, 2.05) is 24.3 Å². The molecule has 0 bridgehead atoms. The average Bonchev–Trinajstić information content (AvgIpc) is 3.27. The number of benzene rings is 2. The first-order valence-electron chi connectivity index (χ1n) is 9.60. The Bertz CT molecular complexity index is 1020. The van der Waals surface area contributed by atoms with E-state index in [4.69, 9.17) is 4.74 Å². The fourth-order valence-corrected chi connectivity index (χ4v) is 4.50. The van der Waals surface area contributed by atoms with Crippen molar-refractivity contribution in [1.29, 1.82) is 0 Å². The molecule has 1 spiro atoms. The highest BCUT2D eigenvalue weighted by atomic mass is 16.5. The molecule has 6 nitrogen and oxygen atoms in total. The Morgan fingerprint density at radius 2 is 1.93 bits per heavy atom. The third-order valence-corrected chi connectivity index (χ3v) is 5.98. The number of ketones is 1. The van der Waals surface area contributed by atoms with E-state index < -0.39 is 11.6 Å². The lowest BCUT2D eigenvalue weighted by molar-refractivity contribution is -0.132. The van der Waals surface area contributed by atoms with Crippen LogP contribution in [0.15, 0.2) is 42.5 Å². The number of urea groups is 1. The molecule has 0 saturated carbocycles. The summed E-state index contributed by atoms with van der Waals surface area (Å²) in [6, 6.07) is 12.4. The number of imide groups is 1. The number of ether oxygens (including phenoxy) is 1. The van der Waals surface area contributed by atoms with Crippen LogP contribution in [0.1, 0.15) is 39.9 Å². The van der Waals surface area contributed by atoms with Gasteiger partial charge < -0.3 is 10.1 Å². The minimum absolute atomic E-state index is 0.226. The lowest BCUT2D eigenvalue weighted by Crippen LogP contribution is -2.47. The molecule has 1 aliphatic carbocycles. The largest absolute Gasteiger partial charge is 0.493 e. The van der Waals surface area contributed by atoms with Gasteiger partial charge in [0.15, 0.2) is 11.3 Å². The molecule has 142 valence electrons. The summed E-state index contributed by atoms with van der Waals surface area (Å²) in [5.41, 5.74) is 2.52. The Labute approximate surface area is 162 Å². The topological polar surface area (TPSA) is 75.7 Å². The lowest BCUT2D eigenvalue weighted by atomic mass is 9.84. The first-order chi connectivity index (χ1) is 13.6. The average molecular weight is 376 g/mol. The zero-order chi connectivity index (χ0) is 19.3. The van der Waals surface area contributed by atoms with Gasteiger partial charge in [-0.1, -0.05) is 30.3 Å². The van der Waals surface area contributed by atoms with Gasteiger partial charge in [0.05, 0.1) is 13.2 Å². The number of hydrogen-bond donors (Lipinski definition) is 1. The molecule has 1 N–H and O–H groups in total. The van der Waals surface area contributed by atoms with Crippen molar-refractivity contribution in [1.82, 2.24) is 10.2 Å². The number of hydrogen-bond acceptors (Lipinski definition) is 4. The van der Waals surface area contributed by atoms with Crippen molar-refractivity contribution < 1.29 is 19.1 Å². The van der Waals surface area contributed by atoms with Crippen LogP contribution in [0, 0.1) is 0 Å². The first-order valence-corrected chi connectivity index (χ1v) is 9.60. The summed E-state index contributed by atoms with van der Waals surface area (Å²) in [7, 11) is 0. The van der Waals surface area contributed by atoms with Crippen LogP contribution < -0.4 is 10.1 Å². The van der Waals surface area contributed by atoms with Gasteiger partial charge in [0.25, 0.3) is 5.91 Å². The minimum Gasteiger partial charge on any atom is -0.493 e. The number of carbonyl (C=O) groups is 3. The third kappa shape index (κ3) is 2.44. The number of fused-ring (bicyclic) bond motifs is 3. The molecular formula is C22H20N2O4. The number of carbonyl (C=O) groups excluding carboxylic acids is 3. The smallest absolute Gasteiger partial charge is 0.325 e. The van der Waals surface area contributed by atoms with Gasteiger partial charge in [-0.05, 0) is 42.5 Å². The molecule has 1 fully saturated rings. The standard InChI is InChI=1S/C22H20N2O4/c25-18(16-9-8-14-4-3-5-15(14)12-16)13-24-20(26)22(23-21(24)27)10-11-28-19-7-2-1-6-17(19)22/h1-2,6-9,12H,3-5,10-11,13H2,(H,23,27).